The Bertz CT molecular complexity index is 402. The van der Waals surface area contributed by atoms with E-state index in [0.717, 1.165) is 0 Å². The number of hydrogen-bond acceptors (Lipinski definition) is 2. The van der Waals surface area contributed by atoms with Gasteiger partial charge in [-0.2, -0.15) is 0 Å². The fraction of sp³-hybridized carbons (Fsp3) is 0.462. The van der Waals surface area contributed by atoms with Crippen LogP contribution in [0.25, 0.3) is 0 Å². The van der Waals surface area contributed by atoms with E-state index < -0.39 is 11.4 Å². The van der Waals surface area contributed by atoms with Gasteiger partial charge in [-0.25, -0.2) is 4.39 Å². The molecule has 0 spiro atoms. The molecule has 0 aliphatic carbocycles. The van der Waals surface area contributed by atoms with Crippen molar-refractivity contribution in [3.8, 4) is 0 Å². The van der Waals surface area contributed by atoms with Gasteiger partial charge in [0.1, 0.15) is 5.82 Å². The Morgan fingerprint density at radius 2 is 1.88 bits per heavy atom. The van der Waals surface area contributed by atoms with Crippen LogP contribution in [0.1, 0.15) is 26.7 Å². The number of nitrogens with two attached hydrogens (primary N) is 1. The minimum Gasteiger partial charge on any atom is -0.317 e. The topological polar surface area (TPSA) is 46.3 Å². The van der Waals surface area contributed by atoms with E-state index in [1.807, 2.05) is 13.8 Å². The molecule has 0 aliphatic rings. The highest BCUT2D eigenvalue weighted by Crippen LogP contribution is 2.22. The molecule has 17 heavy (non-hydrogen) atoms. The van der Waals surface area contributed by atoms with Crippen LogP contribution in [0, 0.1) is 5.82 Å². The van der Waals surface area contributed by atoms with E-state index in [0.29, 0.717) is 12.8 Å². The highest BCUT2D eigenvalue weighted by Gasteiger charge is 2.33. The predicted octanol–water partition coefficient (Wildman–Crippen LogP) is 2.31. The molecule has 1 aromatic carbocycles. The molecule has 0 aromatic heterocycles. The normalized spacial score (nSPS) is 11.4. The average Bonchev–Trinajstić information content (AvgIpc) is 2.36. The highest BCUT2D eigenvalue weighted by atomic mass is 19.1. The van der Waals surface area contributed by atoms with Gasteiger partial charge in [-0.05, 0) is 25.0 Å². The number of benzene rings is 1. The van der Waals surface area contributed by atoms with E-state index in [4.69, 9.17) is 5.73 Å². The summed E-state index contributed by atoms with van der Waals surface area (Å²) in [4.78, 5) is 13.5. The number of nitrogens with zero attached hydrogens (tertiary/aromatic N) is 1. The number of rotatable bonds is 4. The van der Waals surface area contributed by atoms with Gasteiger partial charge in [0.25, 0.3) is 0 Å². The molecular formula is C13H19FN2O. The van der Waals surface area contributed by atoms with Crippen LogP contribution in [-0.4, -0.2) is 18.5 Å². The van der Waals surface area contributed by atoms with E-state index in [1.54, 1.807) is 25.2 Å². The molecule has 2 N–H and O–H groups in total. The standard InChI is InChI=1S/C13H19FN2O/c1-4-13(15,5-2)12(17)16(3)11-9-7-6-8-10(11)14/h6-9H,4-5,15H2,1-3H3. The lowest BCUT2D eigenvalue weighted by Crippen LogP contribution is -2.53. The summed E-state index contributed by atoms with van der Waals surface area (Å²) in [5.41, 5.74) is 5.35. The van der Waals surface area contributed by atoms with E-state index in [1.165, 1.54) is 11.0 Å². The third kappa shape index (κ3) is 2.64. The van der Waals surface area contributed by atoms with E-state index in [-0.39, 0.29) is 11.6 Å². The van der Waals surface area contributed by atoms with Crippen molar-refractivity contribution in [2.24, 2.45) is 5.73 Å². The molecule has 1 rings (SSSR count). The number of halogens is 1. The summed E-state index contributed by atoms with van der Waals surface area (Å²) in [5.74, 6) is -0.675. The zero-order chi connectivity index (χ0) is 13.1. The zero-order valence-corrected chi connectivity index (χ0v) is 10.5. The quantitative estimate of drug-likeness (QED) is 0.875. The predicted molar refractivity (Wildman–Crippen MR) is 67.3 cm³/mol. The Balaban J connectivity index is 3.02. The largest absolute Gasteiger partial charge is 0.317 e. The molecule has 0 saturated carbocycles. The summed E-state index contributed by atoms with van der Waals surface area (Å²) in [5, 5.41) is 0. The maximum Gasteiger partial charge on any atom is 0.246 e. The van der Waals surface area contributed by atoms with Crippen LogP contribution in [0.15, 0.2) is 24.3 Å². The molecule has 94 valence electrons. The summed E-state index contributed by atoms with van der Waals surface area (Å²) in [6.45, 7) is 3.72. The highest BCUT2D eigenvalue weighted by molar-refractivity contribution is 5.99. The zero-order valence-electron chi connectivity index (χ0n) is 10.5. The summed E-state index contributed by atoms with van der Waals surface area (Å²) >= 11 is 0. The Hall–Kier alpha value is -1.42. The number of amides is 1. The van der Waals surface area contributed by atoms with E-state index in [9.17, 15) is 9.18 Å². The van der Waals surface area contributed by atoms with Gasteiger partial charge < -0.3 is 10.6 Å². The van der Waals surface area contributed by atoms with Crippen LogP contribution in [0.2, 0.25) is 0 Å². The molecule has 0 aliphatic heterocycles. The third-order valence-electron chi connectivity index (χ3n) is 3.21. The molecule has 0 radical (unpaired) electrons. The number of likely N-dealkylation sites (N-methyl/N-ethyl adjacent to an activating group) is 1. The maximum absolute atomic E-state index is 13.6. The Morgan fingerprint density at radius 3 is 2.35 bits per heavy atom. The Morgan fingerprint density at radius 1 is 1.35 bits per heavy atom. The summed E-state index contributed by atoms with van der Waals surface area (Å²) < 4.78 is 13.6. The molecule has 0 heterocycles. The van der Waals surface area contributed by atoms with E-state index >= 15 is 0 Å². The smallest absolute Gasteiger partial charge is 0.246 e. The van der Waals surface area contributed by atoms with Gasteiger partial charge in [0.15, 0.2) is 0 Å². The first-order valence-corrected chi connectivity index (χ1v) is 5.77. The molecule has 0 bridgehead atoms. The summed E-state index contributed by atoms with van der Waals surface area (Å²) in [6.07, 6.45) is 1.06. The fourth-order valence-corrected chi connectivity index (χ4v) is 1.72. The second kappa shape index (κ2) is 5.27. The molecule has 0 saturated heterocycles. The average molecular weight is 238 g/mol. The van der Waals surface area contributed by atoms with Gasteiger partial charge >= 0.3 is 0 Å². The molecule has 0 atom stereocenters. The van der Waals surface area contributed by atoms with E-state index in [2.05, 4.69) is 0 Å². The van der Waals surface area contributed by atoms with Crippen molar-refractivity contribution in [1.82, 2.24) is 0 Å². The first kappa shape index (κ1) is 13.6. The lowest BCUT2D eigenvalue weighted by atomic mass is 9.92. The molecule has 4 heteroatoms. The first-order chi connectivity index (χ1) is 7.96. The fourth-order valence-electron chi connectivity index (χ4n) is 1.72. The van der Waals surface area contributed by atoms with Gasteiger partial charge in [-0.15, -0.1) is 0 Å². The SMILES string of the molecule is CCC(N)(CC)C(=O)N(C)c1ccccc1F. The maximum atomic E-state index is 13.6. The van der Waals surface area contributed by atoms with Crippen LogP contribution in [0.5, 0.6) is 0 Å². The minimum absolute atomic E-state index is 0.257. The number of hydrogen-bond donors (Lipinski definition) is 1. The van der Waals surface area contributed by atoms with Crippen molar-refractivity contribution in [2.75, 3.05) is 11.9 Å². The number of anilines is 1. The van der Waals surface area contributed by atoms with Crippen molar-refractivity contribution in [3.05, 3.63) is 30.1 Å². The third-order valence-corrected chi connectivity index (χ3v) is 3.21. The van der Waals surface area contributed by atoms with Crippen LogP contribution in [0.4, 0.5) is 10.1 Å². The molecule has 1 aromatic rings. The van der Waals surface area contributed by atoms with Crippen molar-refractivity contribution in [2.45, 2.75) is 32.2 Å². The van der Waals surface area contributed by atoms with Crippen molar-refractivity contribution >= 4 is 11.6 Å². The van der Waals surface area contributed by atoms with Gasteiger partial charge in [-0.1, -0.05) is 26.0 Å². The molecule has 0 fully saturated rings. The van der Waals surface area contributed by atoms with Crippen LogP contribution in [0.3, 0.4) is 0 Å². The Labute approximate surface area is 101 Å². The molecular weight excluding hydrogens is 219 g/mol. The number of carbonyl (C=O) groups excluding carboxylic acids is 1. The first-order valence-electron chi connectivity index (χ1n) is 5.77. The molecule has 0 unspecified atom stereocenters. The van der Waals surface area contributed by atoms with Crippen molar-refractivity contribution < 1.29 is 9.18 Å². The van der Waals surface area contributed by atoms with Crippen LogP contribution >= 0.6 is 0 Å². The second-order valence-corrected chi connectivity index (χ2v) is 4.18. The van der Waals surface area contributed by atoms with Crippen LogP contribution in [-0.2, 0) is 4.79 Å². The summed E-state index contributed by atoms with van der Waals surface area (Å²) in [7, 11) is 1.55. The van der Waals surface area contributed by atoms with Gasteiger partial charge in [-0.3, -0.25) is 4.79 Å². The van der Waals surface area contributed by atoms with Gasteiger partial charge in [0.2, 0.25) is 5.91 Å². The Kier molecular flexibility index (Phi) is 4.23. The van der Waals surface area contributed by atoms with Crippen molar-refractivity contribution in [1.29, 1.82) is 0 Å². The molecule has 1 amide bonds. The van der Waals surface area contributed by atoms with Gasteiger partial charge in [0, 0.05) is 7.05 Å². The number of para-hydroxylation sites is 1. The lowest BCUT2D eigenvalue weighted by Gasteiger charge is -2.30. The van der Waals surface area contributed by atoms with Crippen LogP contribution < -0.4 is 10.6 Å². The van der Waals surface area contributed by atoms with Crippen molar-refractivity contribution in [3.63, 3.8) is 0 Å². The second-order valence-electron chi connectivity index (χ2n) is 4.18. The monoisotopic (exact) mass is 238 g/mol. The lowest BCUT2D eigenvalue weighted by molar-refractivity contribution is -0.123. The molecule has 3 nitrogen and oxygen atoms in total. The number of carbonyl (C=O) groups is 1. The summed E-state index contributed by atoms with van der Waals surface area (Å²) in [6, 6.07) is 6.18. The van der Waals surface area contributed by atoms with Gasteiger partial charge in [0.05, 0.1) is 11.2 Å². The minimum atomic E-state index is -0.920.